The van der Waals surface area contributed by atoms with Crippen molar-refractivity contribution < 1.29 is 9.31 Å². The second-order valence-corrected chi connectivity index (χ2v) is 5.43. The molecule has 0 aliphatic heterocycles. The maximum Gasteiger partial charge on any atom is 0.274 e. The van der Waals surface area contributed by atoms with E-state index in [0.717, 1.165) is 12.5 Å². The summed E-state index contributed by atoms with van der Waals surface area (Å²) in [5.74, 6) is -0.460. The number of nitro benzene ring substituents is 1. The smallest absolute Gasteiger partial charge is 0.274 e. The van der Waals surface area contributed by atoms with Crippen LogP contribution in [-0.2, 0) is 13.0 Å². The summed E-state index contributed by atoms with van der Waals surface area (Å²) in [6, 6.07) is 5.73. The van der Waals surface area contributed by atoms with Crippen LogP contribution in [0.15, 0.2) is 35.0 Å². The molecule has 0 bridgehead atoms. The molecule has 0 spiro atoms. The molecule has 1 aromatic carbocycles. The third-order valence-corrected chi connectivity index (χ3v) is 3.73. The van der Waals surface area contributed by atoms with Crippen LogP contribution in [-0.4, -0.2) is 11.0 Å². The largest absolute Gasteiger partial charge is 0.310 e. The van der Waals surface area contributed by atoms with E-state index < -0.39 is 10.7 Å². The first-order chi connectivity index (χ1) is 9.56. The summed E-state index contributed by atoms with van der Waals surface area (Å²) in [4.78, 5) is 10.4. The van der Waals surface area contributed by atoms with Crippen LogP contribution < -0.4 is 5.32 Å². The predicted molar refractivity (Wildman–Crippen MR) is 77.4 cm³/mol. The highest BCUT2D eigenvalue weighted by molar-refractivity contribution is 7.07. The van der Waals surface area contributed by atoms with Crippen molar-refractivity contribution in [1.29, 1.82) is 0 Å². The second kappa shape index (κ2) is 6.58. The fourth-order valence-electron chi connectivity index (χ4n) is 1.99. The Balaban J connectivity index is 1.99. The van der Waals surface area contributed by atoms with Gasteiger partial charge in [0.2, 0.25) is 0 Å². The molecule has 1 atom stereocenters. The summed E-state index contributed by atoms with van der Waals surface area (Å²) < 4.78 is 13.2. The molecule has 1 aromatic heterocycles. The molecule has 0 aliphatic carbocycles. The van der Waals surface area contributed by atoms with Gasteiger partial charge in [-0.15, -0.1) is 0 Å². The fourth-order valence-corrected chi connectivity index (χ4v) is 2.67. The number of rotatable bonds is 6. The first kappa shape index (κ1) is 14.6. The zero-order chi connectivity index (χ0) is 14.5. The maximum atomic E-state index is 13.2. The molecule has 1 N–H and O–H groups in total. The topological polar surface area (TPSA) is 55.2 Å². The lowest BCUT2D eigenvalue weighted by Gasteiger charge is -2.13. The number of hydrogen-bond donors (Lipinski definition) is 1. The Kier molecular flexibility index (Phi) is 4.81. The Hall–Kier alpha value is -1.79. The van der Waals surface area contributed by atoms with E-state index in [2.05, 4.69) is 10.7 Å². The predicted octanol–water partition coefficient (Wildman–Crippen LogP) is 3.52. The van der Waals surface area contributed by atoms with E-state index in [4.69, 9.17) is 0 Å². The van der Waals surface area contributed by atoms with E-state index in [1.807, 2.05) is 18.4 Å². The molecule has 2 rings (SSSR count). The number of benzene rings is 1. The summed E-state index contributed by atoms with van der Waals surface area (Å²) in [5.41, 5.74) is 1.54. The minimum absolute atomic E-state index is 0.0540. The number of nitrogens with zero attached hydrogens (tertiary/aromatic N) is 1. The van der Waals surface area contributed by atoms with Gasteiger partial charge in [0.05, 0.1) is 4.92 Å². The number of nitrogens with one attached hydrogen (secondary N) is 1. The van der Waals surface area contributed by atoms with Crippen LogP contribution in [0.5, 0.6) is 0 Å². The Labute approximate surface area is 120 Å². The minimum Gasteiger partial charge on any atom is -0.310 e. The zero-order valence-electron chi connectivity index (χ0n) is 11.0. The summed E-state index contributed by atoms with van der Waals surface area (Å²) in [6.07, 6.45) is 0.840. The van der Waals surface area contributed by atoms with Crippen LogP contribution in [0.1, 0.15) is 18.1 Å². The molecule has 0 saturated heterocycles. The van der Waals surface area contributed by atoms with Crippen LogP contribution in [0.25, 0.3) is 0 Å². The van der Waals surface area contributed by atoms with Gasteiger partial charge in [-0.05, 0) is 47.9 Å². The van der Waals surface area contributed by atoms with Gasteiger partial charge in [0, 0.05) is 24.2 Å². The molecule has 2 aromatic rings. The molecular formula is C14H15FN2O2S. The van der Waals surface area contributed by atoms with Gasteiger partial charge < -0.3 is 5.32 Å². The van der Waals surface area contributed by atoms with Crippen molar-refractivity contribution in [3.05, 3.63) is 62.1 Å². The minimum atomic E-state index is -0.486. The Morgan fingerprint density at radius 3 is 2.90 bits per heavy atom. The third kappa shape index (κ3) is 3.85. The maximum absolute atomic E-state index is 13.2. The van der Waals surface area contributed by atoms with Gasteiger partial charge in [-0.1, -0.05) is 0 Å². The van der Waals surface area contributed by atoms with Gasteiger partial charge in [-0.3, -0.25) is 10.1 Å². The van der Waals surface area contributed by atoms with Crippen LogP contribution in [0.4, 0.5) is 10.1 Å². The molecule has 0 saturated carbocycles. The normalized spacial score (nSPS) is 12.3. The first-order valence-corrected chi connectivity index (χ1v) is 7.18. The van der Waals surface area contributed by atoms with Gasteiger partial charge >= 0.3 is 0 Å². The van der Waals surface area contributed by atoms with E-state index in [1.165, 1.54) is 17.7 Å². The molecule has 20 heavy (non-hydrogen) atoms. The van der Waals surface area contributed by atoms with Gasteiger partial charge in [0.1, 0.15) is 5.82 Å². The highest BCUT2D eigenvalue weighted by Gasteiger charge is 2.15. The average molecular weight is 294 g/mol. The van der Waals surface area contributed by atoms with Crippen molar-refractivity contribution in [1.82, 2.24) is 5.32 Å². The van der Waals surface area contributed by atoms with Crippen LogP contribution >= 0.6 is 11.3 Å². The third-order valence-electron chi connectivity index (χ3n) is 3.00. The van der Waals surface area contributed by atoms with Gasteiger partial charge in [-0.2, -0.15) is 11.3 Å². The molecule has 0 fully saturated rings. The van der Waals surface area contributed by atoms with Crippen LogP contribution in [0, 0.1) is 15.9 Å². The fraction of sp³-hybridized carbons (Fsp3) is 0.286. The molecule has 6 heteroatoms. The van der Waals surface area contributed by atoms with Crippen molar-refractivity contribution >= 4 is 17.0 Å². The molecule has 106 valence electrons. The van der Waals surface area contributed by atoms with Crippen molar-refractivity contribution in [2.75, 3.05) is 0 Å². The van der Waals surface area contributed by atoms with Gasteiger partial charge in [0.25, 0.3) is 5.69 Å². The van der Waals surface area contributed by atoms with E-state index >= 15 is 0 Å². The molecular weight excluding hydrogens is 279 g/mol. The lowest BCUT2D eigenvalue weighted by atomic mass is 10.1. The Bertz CT molecular complexity index is 587. The molecule has 1 heterocycles. The van der Waals surface area contributed by atoms with E-state index in [-0.39, 0.29) is 18.3 Å². The molecule has 4 nitrogen and oxygen atoms in total. The van der Waals surface area contributed by atoms with Gasteiger partial charge in [0.15, 0.2) is 0 Å². The Morgan fingerprint density at radius 2 is 2.25 bits per heavy atom. The zero-order valence-corrected chi connectivity index (χ0v) is 11.8. The number of hydrogen-bond acceptors (Lipinski definition) is 4. The average Bonchev–Trinajstić information content (AvgIpc) is 2.89. The molecule has 1 unspecified atom stereocenters. The van der Waals surface area contributed by atoms with Crippen molar-refractivity contribution in [3.63, 3.8) is 0 Å². The lowest BCUT2D eigenvalue weighted by Crippen LogP contribution is -2.27. The quantitative estimate of drug-likeness (QED) is 0.655. The summed E-state index contributed by atoms with van der Waals surface area (Å²) in [5, 5.41) is 18.2. The molecule has 0 amide bonds. The van der Waals surface area contributed by atoms with Crippen molar-refractivity contribution in [2.24, 2.45) is 0 Å². The number of nitro groups is 1. The molecule has 0 radical (unpaired) electrons. The van der Waals surface area contributed by atoms with Crippen LogP contribution in [0.3, 0.4) is 0 Å². The first-order valence-electron chi connectivity index (χ1n) is 6.23. The second-order valence-electron chi connectivity index (χ2n) is 4.65. The van der Waals surface area contributed by atoms with E-state index in [9.17, 15) is 14.5 Å². The van der Waals surface area contributed by atoms with Crippen molar-refractivity contribution in [3.8, 4) is 0 Å². The highest BCUT2D eigenvalue weighted by atomic mass is 32.1. The monoisotopic (exact) mass is 294 g/mol. The highest BCUT2D eigenvalue weighted by Crippen LogP contribution is 2.19. The van der Waals surface area contributed by atoms with Crippen molar-refractivity contribution in [2.45, 2.75) is 25.9 Å². The lowest BCUT2D eigenvalue weighted by molar-refractivity contribution is -0.385. The van der Waals surface area contributed by atoms with Gasteiger partial charge in [-0.25, -0.2) is 4.39 Å². The summed E-state index contributed by atoms with van der Waals surface area (Å²) >= 11 is 1.64. The number of thiophene rings is 1. The standard InChI is InChI=1S/C14H15FN2O2S/c1-10(6-11-4-5-20-9-11)16-8-12-7-13(15)2-3-14(12)17(18)19/h2-5,7,9-10,16H,6,8H2,1H3. The Morgan fingerprint density at radius 1 is 1.45 bits per heavy atom. The SMILES string of the molecule is CC(Cc1ccsc1)NCc1cc(F)ccc1[N+](=O)[O-]. The van der Waals surface area contributed by atoms with E-state index in [1.54, 1.807) is 11.3 Å². The summed E-state index contributed by atoms with van der Waals surface area (Å²) in [6.45, 7) is 2.28. The number of halogens is 1. The summed E-state index contributed by atoms with van der Waals surface area (Å²) in [7, 11) is 0. The van der Waals surface area contributed by atoms with Crippen LogP contribution in [0.2, 0.25) is 0 Å². The van der Waals surface area contributed by atoms with E-state index in [0.29, 0.717) is 5.56 Å². The molecule has 0 aliphatic rings.